The van der Waals surface area contributed by atoms with Crippen LogP contribution in [0.2, 0.25) is 0 Å². The lowest BCUT2D eigenvalue weighted by Crippen LogP contribution is -2.22. The fourth-order valence-electron chi connectivity index (χ4n) is 1.87. The Bertz CT molecular complexity index is 617. The van der Waals surface area contributed by atoms with Gasteiger partial charge in [-0.15, -0.1) is 0 Å². The molecule has 4 heteroatoms. The number of carbonyl (C=O) groups is 1. The lowest BCUT2D eigenvalue weighted by Gasteiger charge is -2.14. The number of rotatable bonds is 6. The summed E-state index contributed by atoms with van der Waals surface area (Å²) in [5.41, 5.74) is 2.29. The summed E-state index contributed by atoms with van der Waals surface area (Å²) in [7, 11) is 0. The van der Waals surface area contributed by atoms with Gasteiger partial charge in [-0.1, -0.05) is 29.8 Å². The average Bonchev–Trinajstić information content (AvgIpc) is 2.47. The van der Waals surface area contributed by atoms with Gasteiger partial charge in [-0.25, -0.2) is 0 Å². The van der Waals surface area contributed by atoms with Gasteiger partial charge in [0.2, 0.25) is 0 Å². The summed E-state index contributed by atoms with van der Waals surface area (Å²) in [5, 5.41) is 10.9. The molecule has 0 aliphatic rings. The van der Waals surface area contributed by atoms with E-state index in [-0.39, 0.29) is 5.56 Å². The second kappa shape index (κ2) is 6.79. The number of aromatic carboxylic acids is 1. The van der Waals surface area contributed by atoms with Crippen molar-refractivity contribution in [2.24, 2.45) is 0 Å². The normalized spacial score (nSPS) is 10.2. The highest BCUT2D eigenvalue weighted by Crippen LogP contribution is 2.29. The molecule has 0 amide bonds. The minimum atomic E-state index is -1.24. The second-order valence-electron chi connectivity index (χ2n) is 4.66. The molecule has 0 saturated carbocycles. The number of hydrogen-bond acceptors (Lipinski definition) is 4. The molecule has 0 spiro atoms. The summed E-state index contributed by atoms with van der Waals surface area (Å²) < 4.78 is 11.1. The maximum absolute atomic E-state index is 10.9. The van der Waals surface area contributed by atoms with Crippen molar-refractivity contribution in [1.29, 1.82) is 0 Å². The number of carboxylic acids is 1. The van der Waals surface area contributed by atoms with Gasteiger partial charge in [0.05, 0.1) is 12.6 Å². The maximum atomic E-state index is 10.9. The second-order valence-corrected chi connectivity index (χ2v) is 4.66. The van der Waals surface area contributed by atoms with Crippen LogP contribution >= 0.6 is 0 Å². The smallest absolute Gasteiger partial charge is 0.161 e. The van der Waals surface area contributed by atoms with Crippen molar-refractivity contribution in [3.8, 4) is 11.5 Å². The summed E-state index contributed by atoms with van der Waals surface area (Å²) in [6.07, 6.45) is 0. The van der Waals surface area contributed by atoms with Crippen LogP contribution in [0.4, 0.5) is 0 Å². The van der Waals surface area contributed by atoms with E-state index >= 15 is 0 Å². The summed E-state index contributed by atoms with van der Waals surface area (Å²) in [5.74, 6) is -0.310. The van der Waals surface area contributed by atoms with Crippen LogP contribution in [0.5, 0.6) is 11.5 Å². The summed E-state index contributed by atoms with van der Waals surface area (Å²) in [4.78, 5) is 10.9. The summed E-state index contributed by atoms with van der Waals surface area (Å²) in [6, 6.07) is 12.5. The predicted molar refractivity (Wildman–Crippen MR) is 77.5 cm³/mol. The van der Waals surface area contributed by atoms with E-state index in [1.54, 1.807) is 6.07 Å². The number of carboxylic acid groups (broad SMARTS) is 1. The molecule has 21 heavy (non-hydrogen) atoms. The fourth-order valence-corrected chi connectivity index (χ4v) is 1.87. The molecule has 4 nitrogen and oxygen atoms in total. The first-order valence-electron chi connectivity index (χ1n) is 6.76. The van der Waals surface area contributed by atoms with Gasteiger partial charge in [-0.05, 0) is 37.6 Å². The highest BCUT2D eigenvalue weighted by atomic mass is 16.5. The van der Waals surface area contributed by atoms with Crippen LogP contribution in [0.15, 0.2) is 42.5 Å². The molecule has 0 heterocycles. The largest absolute Gasteiger partial charge is 0.545 e. The first-order chi connectivity index (χ1) is 10.1. The topological polar surface area (TPSA) is 58.6 Å². The van der Waals surface area contributed by atoms with Crippen LogP contribution in [0.25, 0.3) is 0 Å². The van der Waals surface area contributed by atoms with Gasteiger partial charge in [-0.3, -0.25) is 0 Å². The molecule has 110 valence electrons. The number of ether oxygens (including phenoxy) is 2. The lowest BCUT2D eigenvalue weighted by molar-refractivity contribution is -0.255. The zero-order valence-corrected chi connectivity index (χ0v) is 12.1. The van der Waals surface area contributed by atoms with Crippen molar-refractivity contribution in [1.82, 2.24) is 0 Å². The SMILES string of the molecule is CCOc1cc(C(=O)[O-])ccc1OCc1ccc(C)cc1. The third-order valence-corrected chi connectivity index (χ3v) is 2.99. The maximum Gasteiger partial charge on any atom is 0.161 e. The highest BCUT2D eigenvalue weighted by molar-refractivity contribution is 5.86. The molecule has 0 fully saturated rings. The molecule has 0 aliphatic carbocycles. The van der Waals surface area contributed by atoms with E-state index < -0.39 is 5.97 Å². The molecular formula is C17H17O4-. The molecule has 0 saturated heterocycles. The standard InChI is InChI=1S/C17H18O4/c1-3-20-16-10-14(17(18)19)8-9-15(16)21-11-13-6-4-12(2)5-7-13/h4-10H,3,11H2,1-2H3,(H,18,19)/p-1. The van der Waals surface area contributed by atoms with E-state index in [1.165, 1.54) is 17.7 Å². The van der Waals surface area contributed by atoms with Crippen LogP contribution < -0.4 is 14.6 Å². The van der Waals surface area contributed by atoms with Gasteiger partial charge in [0.15, 0.2) is 11.5 Å². The van der Waals surface area contributed by atoms with Crippen LogP contribution in [0, 0.1) is 6.92 Å². The Hall–Kier alpha value is -2.49. The number of aryl methyl sites for hydroxylation is 1. The first kappa shape index (κ1) is 14.9. The van der Waals surface area contributed by atoms with E-state index in [9.17, 15) is 9.90 Å². The quantitative estimate of drug-likeness (QED) is 0.817. The minimum Gasteiger partial charge on any atom is -0.545 e. The summed E-state index contributed by atoms with van der Waals surface area (Å²) in [6.45, 7) is 4.67. The van der Waals surface area contributed by atoms with E-state index in [4.69, 9.17) is 9.47 Å². The highest BCUT2D eigenvalue weighted by Gasteiger charge is 2.07. The molecule has 2 aromatic carbocycles. The molecule has 0 atom stereocenters. The van der Waals surface area contributed by atoms with Gasteiger partial charge < -0.3 is 19.4 Å². The molecule has 0 N–H and O–H groups in total. The molecule has 0 aliphatic heterocycles. The van der Waals surface area contributed by atoms with Crippen molar-refractivity contribution in [3.63, 3.8) is 0 Å². The minimum absolute atomic E-state index is 0.0705. The van der Waals surface area contributed by atoms with E-state index in [1.807, 2.05) is 38.1 Å². The fraction of sp³-hybridized carbons (Fsp3) is 0.235. The molecule has 0 unspecified atom stereocenters. The Labute approximate surface area is 123 Å². The first-order valence-corrected chi connectivity index (χ1v) is 6.76. The third-order valence-electron chi connectivity index (χ3n) is 2.99. The molecular weight excluding hydrogens is 268 g/mol. The van der Waals surface area contributed by atoms with Crippen molar-refractivity contribution < 1.29 is 19.4 Å². The molecule has 2 rings (SSSR count). The number of benzene rings is 2. The Kier molecular flexibility index (Phi) is 4.82. The summed E-state index contributed by atoms with van der Waals surface area (Å²) >= 11 is 0. The Morgan fingerprint density at radius 3 is 2.38 bits per heavy atom. The van der Waals surface area contributed by atoms with Crippen LogP contribution in [-0.2, 0) is 6.61 Å². The van der Waals surface area contributed by atoms with Crippen LogP contribution in [0.1, 0.15) is 28.4 Å². The van der Waals surface area contributed by atoms with Gasteiger partial charge in [-0.2, -0.15) is 0 Å². The van der Waals surface area contributed by atoms with E-state index in [0.29, 0.717) is 24.7 Å². The average molecular weight is 285 g/mol. The lowest BCUT2D eigenvalue weighted by atomic mass is 10.1. The molecule has 2 aromatic rings. The molecule has 0 bridgehead atoms. The predicted octanol–water partition coefficient (Wildman–Crippen LogP) is 2.34. The van der Waals surface area contributed by atoms with E-state index in [0.717, 1.165) is 5.56 Å². The number of carbonyl (C=O) groups excluding carboxylic acids is 1. The van der Waals surface area contributed by atoms with Gasteiger partial charge >= 0.3 is 0 Å². The Balaban J connectivity index is 2.14. The number of hydrogen-bond donors (Lipinski definition) is 0. The van der Waals surface area contributed by atoms with Crippen molar-refractivity contribution in [2.75, 3.05) is 6.61 Å². The monoisotopic (exact) mass is 285 g/mol. The zero-order chi connectivity index (χ0) is 15.2. The van der Waals surface area contributed by atoms with Crippen molar-refractivity contribution in [3.05, 3.63) is 59.2 Å². The van der Waals surface area contributed by atoms with Crippen LogP contribution in [0.3, 0.4) is 0 Å². The molecule has 0 radical (unpaired) electrons. The van der Waals surface area contributed by atoms with Gasteiger partial charge in [0, 0.05) is 5.56 Å². The van der Waals surface area contributed by atoms with Crippen LogP contribution in [-0.4, -0.2) is 12.6 Å². The Morgan fingerprint density at radius 1 is 1.05 bits per heavy atom. The van der Waals surface area contributed by atoms with Crippen molar-refractivity contribution in [2.45, 2.75) is 20.5 Å². The molecule has 0 aromatic heterocycles. The third kappa shape index (κ3) is 3.99. The van der Waals surface area contributed by atoms with E-state index in [2.05, 4.69) is 0 Å². The zero-order valence-electron chi connectivity index (χ0n) is 12.1. The van der Waals surface area contributed by atoms with Crippen molar-refractivity contribution >= 4 is 5.97 Å². The van der Waals surface area contributed by atoms with Gasteiger partial charge in [0.1, 0.15) is 6.61 Å². The Morgan fingerprint density at radius 2 is 1.76 bits per heavy atom. The van der Waals surface area contributed by atoms with Gasteiger partial charge in [0.25, 0.3) is 0 Å².